The molecule has 1 aromatic carbocycles. The zero-order valence-corrected chi connectivity index (χ0v) is 17.9. The van der Waals surface area contributed by atoms with Gasteiger partial charge in [0.25, 0.3) is 5.56 Å². The third-order valence-electron chi connectivity index (χ3n) is 4.69. The van der Waals surface area contributed by atoms with E-state index in [4.69, 9.17) is 17.0 Å². The summed E-state index contributed by atoms with van der Waals surface area (Å²) in [4.78, 5) is 19.2. The number of methoxy groups -OCH3 is 1. The van der Waals surface area contributed by atoms with Gasteiger partial charge in [0, 0.05) is 19.3 Å². The van der Waals surface area contributed by atoms with E-state index < -0.39 is 0 Å². The molecule has 152 valence electrons. The molecule has 1 aromatic heterocycles. The number of aliphatic imine (C=N–C) groups is 1. The Morgan fingerprint density at radius 3 is 2.32 bits per heavy atom. The highest BCUT2D eigenvalue weighted by molar-refractivity contribution is 7.71. The second kappa shape index (κ2) is 9.66. The monoisotopic (exact) mass is 404 g/mol. The Hall–Kier alpha value is -2.45. The van der Waals surface area contributed by atoms with Crippen LogP contribution in [-0.2, 0) is 13.1 Å². The second-order valence-electron chi connectivity index (χ2n) is 6.56. The first kappa shape index (κ1) is 21.8. The van der Waals surface area contributed by atoms with Crippen LogP contribution in [0.2, 0.25) is 0 Å². The van der Waals surface area contributed by atoms with Crippen LogP contribution in [-0.4, -0.2) is 53.1 Å². The molecule has 8 heteroatoms. The number of hydrogen-bond acceptors (Lipinski definition) is 6. The number of benzene rings is 1. The minimum Gasteiger partial charge on any atom is -0.497 e. The number of hydrogen-bond donors (Lipinski definition) is 1. The van der Waals surface area contributed by atoms with Crippen molar-refractivity contribution in [3.8, 4) is 11.6 Å². The highest BCUT2D eigenvalue weighted by Gasteiger charge is 2.16. The van der Waals surface area contributed by atoms with Crippen LogP contribution < -0.4 is 10.3 Å². The van der Waals surface area contributed by atoms with Gasteiger partial charge in [0.05, 0.1) is 19.7 Å². The Morgan fingerprint density at radius 1 is 1.21 bits per heavy atom. The van der Waals surface area contributed by atoms with Gasteiger partial charge in [-0.1, -0.05) is 12.1 Å². The molecule has 1 heterocycles. The van der Waals surface area contributed by atoms with Gasteiger partial charge in [-0.3, -0.25) is 18.9 Å². The molecule has 0 bridgehead atoms. The van der Waals surface area contributed by atoms with Gasteiger partial charge >= 0.3 is 0 Å². The van der Waals surface area contributed by atoms with E-state index in [9.17, 15) is 9.90 Å². The summed E-state index contributed by atoms with van der Waals surface area (Å²) < 4.78 is 8.52. The Morgan fingerprint density at radius 2 is 1.82 bits per heavy atom. The molecule has 2 aromatic rings. The van der Waals surface area contributed by atoms with Crippen LogP contribution in [0, 0.1) is 4.77 Å². The predicted octanol–water partition coefficient (Wildman–Crippen LogP) is 2.86. The topological polar surface area (TPSA) is 72.0 Å². The fourth-order valence-corrected chi connectivity index (χ4v) is 3.45. The Labute approximate surface area is 170 Å². The normalized spacial score (nSPS) is 12.6. The zero-order valence-electron chi connectivity index (χ0n) is 17.0. The van der Waals surface area contributed by atoms with Gasteiger partial charge in [-0.2, -0.15) is 0 Å². The SMILES string of the molecule is CCn1c(O)c(C=NC[C@H](c2ccc(OC)cc2)N(C)C)c(=O)n(CC)c1=S. The lowest BCUT2D eigenvalue weighted by molar-refractivity contribution is 0.306. The lowest BCUT2D eigenvalue weighted by atomic mass is 10.1. The maximum absolute atomic E-state index is 12.7. The number of aromatic nitrogens is 2. The number of aromatic hydroxyl groups is 1. The van der Waals surface area contributed by atoms with Crippen molar-refractivity contribution in [1.82, 2.24) is 14.0 Å². The molecule has 0 saturated heterocycles. The summed E-state index contributed by atoms with van der Waals surface area (Å²) in [7, 11) is 5.58. The molecule has 28 heavy (non-hydrogen) atoms. The molecule has 0 saturated carbocycles. The van der Waals surface area contributed by atoms with Crippen molar-refractivity contribution in [1.29, 1.82) is 0 Å². The van der Waals surface area contributed by atoms with E-state index in [1.165, 1.54) is 15.3 Å². The van der Waals surface area contributed by atoms with E-state index in [-0.39, 0.29) is 23.0 Å². The van der Waals surface area contributed by atoms with E-state index in [1.54, 1.807) is 7.11 Å². The van der Waals surface area contributed by atoms with Crippen LogP contribution >= 0.6 is 12.2 Å². The van der Waals surface area contributed by atoms with E-state index >= 15 is 0 Å². The number of rotatable bonds is 8. The molecule has 0 amide bonds. The molecule has 0 fully saturated rings. The molecular formula is C20H28N4O3S. The van der Waals surface area contributed by atoms with Gasteiger partial charge in [0.2, 0.25) is 5.88 Å². The van der Waals surface area contributed by atoms with Gasteiger partial charge in [-0.25, -0.2) is 0 Å². The summed E-state index contributed by atoms with van der Waals surface area (Å²) in [6.07, 6.45) is 1.45. The van der Waals surface area contributed by atoms with Crippen molar-refractivity contribution >= 4 is 18.4 Å². The maximum atomic E-state index is 12.7. The van der Waals surface area contributed by atoms with Gasteiger partial charge in [0.1, 0.15) is 11.3 Å². The summed E-state index contributed by atoms with van der Waals surface area (Å²) in [5.41, 5.74) is 0.913. The van der Waals surface area contributed by atoms with Crippen LogP contribution in [0.5, 0.6) is 11.6 Å². The third kappa shape index (κ3) is 4.51. The van der Waals surface area contributed by atoms with E-state index in [2.05, 4.69) is 9.89 Å². The molecule has 0 radical (unpaired) electrons. The summed E-state index contributed by atoms with van der Waals surface area (Å²) in [5, 5.41) is 10.5. The lowest BCUT2D eigenvalue weighted by Crippen LogP contribution is -2.28. The van der Waals surface area contributed by atoms with Crippen molar-refractivity contribution < 1.29 is 9.84 Å². The summed E-state index contributed by atoms with van der Waals surface area (Å²) >= 11 is 5.30. The Balaban J connectivity index is 2.36. The number of likely N-dealkylation sites (N-methyl/N-ethyl adjacent to an activating group) is 1. The summed E-state index contributed by atoms with van der Waals surface area (Å²) in [6, 6.07) is 7.84. The lowest BCUT2D eigenvalue weighted by Gasteiger charge is -2.23. The predicted molar refractivity (Wildman–Crippen MR) is 114 cm³/mol. The van der Waals surface area contributed by atoms with E-state index in [1.807, 2.05) is 52.2 Å². The first-order valence-electron chi connectivity index (χ1n) is 9.22. The third-order valence-corrected chi connectivity index (χ3v) is 5.13. The summed E-state index contributed by atoms with van der Waals surface area (Å²) in [5.74, 6) is 0.653. The minimum absolute atomic E-state index is 0.0224. The fraction of sp³-hybridized carbons (Fsp3) is 0.450. The standard InChI is InChI=1S/C20H28N4O3S/c1-6-23-18(25)16(19(26)24(7-2)20(23)28)12-21-13-17(22(3)4)14-8-10-15(27-5)11-9-14/h8-12,17,25H,6-7,13H2,1-5H3/t17-/m1/s1. The minimum atomic E-state index is -0.329. The van der Waals surface area contributed by atoms with Crippen molar-refractivity contribution in [2.24, 2.45) is 4.99 Å². The first-order valence-corrected chi connectivity index (χ1v) is 9.63. The fourth-order valence-electron chi connectivity index (χ4n) is 3.02. The van der Waals surface area contributed by atoms with Gasteiger partial charge in [0.15, 0.2) is 4.77 Å². The van der Waals surface area contributed by atoms with Crippen molar-refractivity contribution in [2.75, 3.05) is 27.7 Å². The molecule has 0 spiro atoms. The highest BCUT2D eigenvalue weighted by Crippen LogP contribution is 2.22. The maximum Gasteiger partial charge on any atom is 0.267 e. The molecular weight excluding hydrogens is 376 g/mol. The van der Waals surface area contributed by atoms with Crippen molar-refractivity contribution in [3.05, 3.63) is 50.5 Å². The molecule has 1 N–H and O–H groups in total. The largest absolute Gasteiger partial charge is 0.497 e. The van der Waals surface area contributed by atoms with Crippen molar-refractivity contribution in [2.45, 2.75) is 33.0 Å². The molecule has 7 nitrogen and oxygen atoms in total. The zero-order chi connectivity index (χ0) is 20.8. The molecule has 0 aliphatic heterocycles. The molecule has 0 aliphatic carbocycles. The second-order valence-corrected chi connectivity index (χ2v) is 6.93. The molecule has 0 unspecified atom stereocenters. The van der Waals surface area contributed by atoms with E-state index in [0.717, 1.165) is 11.3 Å². The highest BCUT2D eigenvalue weighted by atomic mass is 32.1. The number of ether oxygens (including phenoxy) is 1. The van der Waals surface area contributed by atoms with Crippen LogP contribution in [0.4, 0.5) is 0 Å². The van der Waals surface area contributed by atoms with Gasteiger partial charge < -0.3 is 14.7 Å². The van der Waals surface area contributed by atoms with Crippen LogP contribution in [0.1, 0.15) is 31.0 Å². The Bertz CT molecular complexity index is 946. The summed E-state index contributed by atoms with van der Waals surface area (Å²) in [6.45, 7) is 5.06. The van der Waals surface area contributed by atoms with Crippen LogP contribution in [0.25, 0.3) is 0 Å². The van der Waals surface area contributed by atoms with Crippen LogP contribution in [0.15, 0.2) is 34.1 Å². The van der Waals surface area contributed by atoms with Gasteiger partial charge in [-0.05, 0) is 57.9 Å². The average molecular weight is 405 g/mol. The Kier molecular flexibility index (Phi) is 7.53. The quantitative estimate of drug-likeness (QED) is 0.541. The molecule has 2 rings (SSSR count). The number of nitrogens with zero attached hydrogens (tertiary/aromatic N) is 4. The average Bonchev–Trinajstić information content (AvgIpc) is 2.68. The smallest absolute Gasteiger partial charge is 0.267 e. The molecule has 1 atom stereocenters. The first-order chi connectivity index (χ1) is 13.3. The van der Waals surface area contributed by atoms with Gasteiger partial charge in [-0.15, -0.1) is 0 Å². The van der Waals surface area contributed by atoms with Crippen molar-refractivity contribution in [3.63, 3.8) is 0 Å². The van der Waals surface area contributed by atoms with Crippen LogP contribution in [0.3, 0.4) is 0 Å². The molecule has 0 aliphatic rings. The van der Waals surface area contributed by atoms with E-state index in [0.29, 0.717) is 24.4 Å².